The summed E-state index contributed by atoms with van der Waals surface area (Å²) in [5.41, 5.74) is -0.0275. The number of aliphatic carboxylic acids is 1. The maximum atomic E-state index is 12.1. The number of hydrogen-bond acceptors (Lipinski definition) is 7. The van der Waals surface area contributed by atoms with Crippen molar-refractivity contribution in [3.63, 3.8) is 0 Å². The highest BCUT2D eigenvalue weighted by Crippen LogP contribution is 2.15. The van der Waals surface area contributed by atoms with Gasteiger partial charge in [0.2, 0.25) is 0 Å². The molecular formula is C17H18O8. The quantitative estimate of drug-likeness (QED) is 0.605. The van der Waals surface area contributed by atoms with E-state index in [1.165, 1.54) is 24.3 Å². The molecule has 25 heavy (non-hydrogen) atoms. The highest BCUT2D eigenvalue weighted by molar-refractivity contribution is 5.96. The first-order valence-electron chi connectivity index (χ1n) is 7.93. The Bertz CT molecular complexity index is 666. The summed E-state index contributed by atoms with van der Waals surface area (Å²) in [7, 11) is 0. The zero-order chi connectivity index (χ0) is 18.2. The lowest BCUT2D eigenvalue weighted by atomic mass is 10.1. The average Bonchev–Trinajstić information content (AvgIpc) is 2.60. The van der Waals surface area contributed by atoms with Crippen LogP contribution in [0.1, 0.15) is 59.2 Å². The number of esters is 1. The van der Waals surface area contributed by atoms with Crippen LogP contribution in [-0.2, 0) is 24.1 Å². The summed E-state index contributed by atoms with van der Waals surface area (Å²) in [5.74, 6) is -3.69. The minimum Gasteiger partial charge on any atom is -0.479 e. The number of carbonyl (C=O) groups excluding carboxylic acids is 3. The van der Waals surface area contributed by atoms with Crippen LogP contribution in [-0.4, -0.2) is 35.1 Å². The van der Waals surface area contributed by atoms with Crippen molar-refractivity contribution in [3.05, 3.63) is 35.4 Å². The third kappa shape index (κ3) is 5.59. The van der Waals surface area contributed by atoms with Gasteiger partial charge < -0.3 is 9.84 Å². The number of carboxylic acid groups (broad SMARTS) is 1. The van der Waals surface area contributed by atoms with Gasteiger partial charge in [0.25, 0.3) is 0 Å². The minimum atomic E-state index is -1.26. The zero-order valence-corrected chi connectivity index (χ0v) is 13.4. The first kappa shape index (κ1) is 18.4. The Morgan fingerprint density at radius 2 is 1.64 bits per heavy atom. The molecule has 8 heteroatoms. The van der Waals surface area contributed by atoms with E-state index < -0.39 is 30.0 Å². The molecule has 1 aromatic carbocycles. The van der Waals surface area contributed by atoms with Crippen LogP contribution in [0.3, 0.4) is 0 Å². The number of benzene rings is 1. The molecule has 0 aromatic heterocycles. The summed E-state index contributed by atoms with van der Waals surface area (Å²) in [5, 5.41) is 9.18. The van der Waals surface area contributed by atoms with E-state index >= 15 is 0 Å². The third-order valence-electron chi connectivity index (χ3n) is 3.67. The van der Waals surface area contributed by atoms with Crippen LogP contribution in [0.15, 0.2) is 24.3 Å². The number of rotatable bonds is 1. The van der Waals surface area contributed by atoms with Crippen molar-refractivity contribution in [2.75, 3.05) is 0 Å². The molecule has 1 aromatic rings. The lowest BCUT2D eigenvalue weighted by Crippen LogP contribution is -2.27. The van der Waals surface area contributed by atoms with Gasteiger partial charge in [0, 0.05) is 0 Å². The van der Waals surface area contributed by atoms with Crippen molar-refractivity contribution in [3.8, 4) is 0 Å². The molecule has 1 heterocycles. The second-order valence-corrected chi connectivity index (χ2v) is 5.59. The summed E-state index contributed by atoms with van der Waals surface area (Å²) in [6.07, 6.45) is 1.39. The normalized spacial score (nSPS) is 20.2. The van der Waals surface area contributed by atoms with Crippen LogP contribution in [0, 0.1) is 0 Å². The molecule has 0 saturated carbocycles. The topological polar surface area (TPSA) is 116 Å². The number of ether oxygens (including phenoxy) is 1. The van der Waals surface area contributed by atoms with Crippen LogP contribution in [0.2, 0.25) is 0 Å². The summed E-state index contributed by atoms with van der Waals surface area (Å²) in [6, 6.07) is 5.34. The highest BCUT2D eigenvalue weighted by atomic mass is 17.2. The Morgan fingerprint density at radius 1 is 0.960 bits per heavy atom. The molecule has 1 N–H and O–H groups in total. The van der Waals surface area contributed by atoms with E-state index in [4.69, 9.17) is 4.74 Å². The van der Waals surface area contributed by atoms with Gasteiger partial charge >= 0.3 is 23.9 Å². The van der Waals surface area contributed by atoms with E-state index in [9.17, 15) is 24.3 Å². The van der Waals surface area contributed by atoms with Gasteiger partial charge in [-0.1, -0.05) is 18.9 Å². The molecule has 1 aliphatic rings. The molecule has 0 amide bonds. The van der Waals surface area contributed by atoms with E-state index in [0.29, 0.717) is 25.7 Å². The standard InChI is InChI=1S/C17H18O8/c18-14-9-4-2-1-3-8-13(15(19)20)23-16(21)11-6-5-7-12(10-11)17(22)25-24-14/h5-7,10,13H,1-4,8-9H2,(H,19,20). The SMILES string of the molecule is O=C1CCCCCCC(C(=O)O)OC(=O)c2cccc(c2)C(=O)OO1. The first-order chi connectivity index (χ1) is 12.0. The van der Waals surface area contributed by atoms with Gasteiger partial charge in [-0.15, -0.1) is 0 Å². The molecule has 0 radical (unpaired) electrons. The number of cyclic esters (lactones) is 1. The molecule has 1 unspecified atom stereocenters. The van der Waals surface area contributed by atoms with Crippen molar-refractivity contribution in [2.45, 2.75) is 44.6 Å². The molecule has 0 aliphatic carbocycles. The summed E-state index contributed by atoms with van der Waals surface area (Å²) in [6.45, 7) is 0. The van der Waals surface area contributed by atoms with Gasteiger partial charge in [-0.05, 0) is 37.5 Å². The van der Waals surface area contributed by atoms with Crippen LogP contribution < -0.4 is 0 Å². The second kappa shape index (κ2) is 8.81. The van der Waals surface area contributed by atoms with Crippen molar-refractivity contribution < 1.29 is 38.8 Å². The predicted octanol–water partition coefficient (Wildman–Crippen LogP) is 2.27. The van der Waals surface area contributed by atoms with Crippen LogP contribution in [0.25, 0.3) is 0 Å². The van der Waals surface area contributed by atoms with Crippen molar-refractivity contribution in [1.29, 1.82) is 0 Å². The Kier molecular flexibility index (Phi) is 6.50. The lowest BCUT2D eigenvalue weighted by molar-refractivity contribution is -0.234. The maximum absolute atomic E-state index is 12.1. The maximum Gasteiger partial charge on any atom is 0.386 e. The molecule has 2 bridgehead atoms. The van der Waals surface area contributed by atoms with E-state index in [-0.39, 0.29) is 24.0 Å². The summed E-state index contributed by atoms with van der Waals surface area (Å²) < 4.78 is 5.03. The van der Waals surface area contributed by atoms with Crippen LogP contribution in [0.4, 0.5) is 0 Å². The molecule has 0 fully saturated rings. The molecule has 8 nitrogen and oxygen atoms in total. The molecule has 1 atom stereocenters. The Balaban J connectivity index is 2.20. The highest BCUT2D eigenvalue weighted by Gasteiger charge is 2.23. The van der Waals surface area contributed by atoms with E-state index in [2.05, 4.69) is 9.78 Å². The third-order valence-corrected chi connectivity index (χ3v) is 3.67. The Hall–Kier alpha value is -2.90. The summed E-state index contributed by atoms with van der Waals surface area (Å²) in [4.78, 5) is 55.6. The van der Waals surface area contributed by atoms with Crippen molar-refractivity contribution in [1.82, 2.24) is 0 Å². The van der Waals surface area contributed by atoms with Gasteiger partial charge in [0.15, 0.2) is 6.10 Å². The number of carboxylic acids is 1. The lowest BCUT2D eigenvalue weighted by Gasteiger charge is -2.14. The average molecular weight is 350 g/mol. The van der Waals surface area contributed by atoms with E-state index in [1.54, 1.807) is 0 Å². The molecule has 0 spiro atoms. The molecule has 0 saturated heterocycles. The largest absolute Gasteiger partial charge is 0.479 e. The fourth-order valence-corrected chi connectivity index (χ4v) is 2.33. The fourth-order valence-electron chi connectivity index (χ4n) is 2.33. The summed E-state index contributed by atoms with van der Waals surface area (Å²) >= 11 is 0. The molecular weight excluding hydrogens is 332 g/mol. The van der Waals surface area contributed by atoms with Crippen LogP contribution in [0.5, 0.6) is 0 Å². The number of fused-ring (bicyclic) bond motifs is 2. The Morgan fingerprint density at radius 3 is 2.36 bits per heavy atom. The van der Waals surface area contributed by atoms with E-state index in [0.717, 1.165) is 0 Å². The first-order valence-corrected chi connectivity index (χ1v) is 7.93. The van der Waals surface area contributed by atoms with Gasteiger partial charge in [0.05, 0.1) is 17.5 Å². The molecule has 1 aliphatic heterocycles. The number of carbonyl (C=O) groups is 4. The fraction of sp³-hybridized carbons (Fsp3) is 0.412. The number of hydrogen-bond donors (Lipinski definition) is 1. The minimum absolute atomic E-state index is 0.000814. The van der Waals surface area contributed by atoms with Gasteiger partial charge in [-0.2, -0.15) is 0 Å². The molecule has 2 rings (SSSR count). The van der Waals surface area contributed by atoms with Crippen molar-refractivity contribution >= 4 is 23.9 Å². The monoisotopic (exact) mass is 350 g/mol. The smallest absolute Gasteiger partial charge is 0.386 e. The van der Waals surface area contributed by atoms with Gasteiger partial charge in [-0.3, -0.25) is 0 Å². The predicted molar refractivity (Wildman–Crippen MR) is 82.5 cm³/mol. The van der Waals surface area contributed by atoms with Gasteiger partial charge in [-0.25, -0.2) is 29.0 Å². The van der Waals surface area contributed by atoms with Gasteiger partial charge in [0.1, 0.15) is 0 Å². The van der Waals surface area contributed by atoms with E-state index in [1.807, 2.05) is 0 Å². The Labute approximate surface area is 143 Å². The van der Waals surface area contributed by atoms with Crippen molar-refractivity contribution in [2.24, 2.45) is 0 Å². The molecule has 134 valence electrons. The second-order valence-electron chi connectivity index (χ2n) is 5.59. The van der Waals surface area contributed by atoms with Crippen LogP contribution >= 0.6 is 0 Å². The zero-order valence-electron chi connectivity index (χ0n) is 13.4.